The Balaban J connectivity index is 2.92. The molecule has 0 aromatic heterocycles. The van der Waals surface area contributed by atoms with Gasteiger partial charge in [0.1, 0.15) is 5.03 Å². The van der Waals surface area contributed by atoms with Crippen LogP contribution in [0.3, 0.4) is 0 Å². The second-order valence-electron chi connectivity index (χ2n) is 2.71. The first-order valence-electron chi connectivity index (χ1n) is 3.77. The quantitative estimate of drug-likeness (QED) is 0.739. The molecule has 0 aliphatic carbocycles. The van der Waals surface area contributed by atoms with E-state index in [0.717, 1.165) is 11.1 Å². The number of hydrogen-bond acceptors (Lipinski definition) is 1. The minimum Gasteiger partial charge on any atom is -0.477 e. The van der Waals surface area contributed by atoms with E-state index >= 15 is 0 Å². The Labute approximate surface area is 81.5 Å². The molecule has 0 atom stereocenters. The molecule has 1 aromatic carbocycles. The Hall–Kier alpha value is -1.28. The molecule has 0 aliphatic heterocycles. The molecular formula is C10H9ClO2. The van der Waals surface area contributed by atoms with E-state index in [1.165, 1.54) is 6.08 Å². The maximum atomic E-state index is 10.4. The van der Waals surface area contributed by atoms with Crippen LogP contribution in [0.2, 0.25) is 0 Å². The number of carboxylic acids is 1. The van der Waals surface area contributed by atoms with Crippen molar-refractivity contribution in [2.45, 2.75) is 6.92 Å². The standard InChI is InChI=1S/C10H9ClO2/c1-7-2-4-8(5-3-7)6-9(11)10(12)13/h2-6H,1H3,(H,12,13)/b9-6-. The van der Waals surface area contributed by atoms with Crippen molar-refractivity contribution in [3.05, 3.63) is 40.4 Å². The van der Waals surface area contributed by atoms with Gasteiger partial charge in [0.25, 0.3) is 0 Å². The first-order valence-corrected chi connectivity index (χ1v) is 4.14. The highest BCUT2D eigenvalue weighted by atomic mass is 35.5. The molecule has 0 heterocycles. The molecule has 0 unspecified atom stereocenters. The van der Waals surface area contributed by atoms with Crippen molar-refractivity contribution in [3.8, 4) is 0 Å². The number of benzene rings is 1. The van der Waals surface area contributed by atoms with Crippen LogP contribution in [-0.2, 0) is 4.79 Å². The third-order valence-corrected chi connectivity index (χ3v) is 1.85. The smallest absolute Gasteiger partial charge is 0.347 e. The molecule has 0 amide bonds. The highest BCUT2D eigenvalue weighted by molar-refractivity contribution is 6.42. The Morgan fingerprint density at radius 2 is 1.92 bits per heavy atom. The minimum atomic E-state index is -1.11. The zero-order chi connectivity index (χ0) is 9.84. The topological polar surface area (TPSA) is 37.3 Å². The summed E-state index contributed by atoms with van der Waals surface area (Å²) in [5.41, 5.74) is 1.92. The van der Waals surface area contributed by atoms with Crippen molar-refractivity contribution in [1.29, 1.82) is 0 Å². The zero-order valence-corrected chi connectivity index (χ0v) is 7.88. The summed E-state index contributed by atoms with van der Waals surface area (Å²) in [7, 11) is 0. The minimum absolute atomic E-state index is 0.177. The van der Waals surface area contributed by atoms with Gasteiger partial charge in [0.2, 0.25) is 0 Å². The molecule has 1 rings (SSSR count). The van der Waals surface area contributed by atoms with Gasteiger partial charge in [-0.1, -0.05) is 41.4 Å². The van der Waals surface area contributed by atoms with Gasteiger partial charge in [0, 0.05) is 0 Å². The number of carboxylic acid groups (broad SMARTS) is 1. The summed E-state index contributed by atoms with van der Waals surface area (Å²) < 4.78 is 0. The zero-order valence-electron chi connectivity index (χ0n) is 7.12. The summed E-state index contributed by atoms with van der Waals surface area (Å²) in [6, 6.07) is 7.44. The summed E-state index contributed by atoms with van der Waals surface area (Å²) in [6.07, 6.45) is 1.42. The van der Waals surface area contributed by atoms with E-state index in [0.29, 0.717) is 0 Å². The normalized spacial score (nSPS) is 11.4. The van der Waals surface area contributed by atoms with Crippen molar-refractivity contribution >= 4 is 23.6 Å². The van der Waals surface area contributed by atoms with Crippen molar-refractivity contribution in [1.82, 2.24) is 0 Å². The van der Waals surface area contributed by atoms with Gasteiger partial charge in [0.15, 0.2) is 0 Å². The number of carbonyl (C=O) groups is 1. The fraction of sp³-hybridized carbons (Fsp3) is 0.100. The van der Waals surface area contributed by atoms with E-state index in [4.69, 9.17) is 16.7 Å². The summed E-state index contributed by atoms with van der Waals surface area (Å²) in [5, 5.41) is 8.32. The predicted molar refractivity (Wildman–Crippen MR) is 52.6 cm³/mol. The Bertz CT molecular complexity index is 338. The van der Waals surface area contributed by atoms with Crippen LogP contribution < -0.4 is 0 Å². The van der Waals surface area contributed by atoms with Gasteiger partial charge in [-0.2, -0.15) is 0 Å². The fourth-order valence-corrected chi connectivity index (χ4v) is 0.997. The van der Waals surface area contributed by atoms with Crippen molar-refractivity contribution in [3.63, 3.8) is 0 Å². The molecule has 3 heteroatoms. The number of hydrogen-bond donors (Lipinski definition) is 1. The van der Waals surface area contributed by atoms with Crippen LogP contribution in [0.1, 0.15) is 11.1 Å². The van der Waals surface area contributed by atoms with Crippen LogP contribution in [0.15, 0.2) is 29.3 Å². The summed E-state index contributed by atoms with van der Waals surface area (Å²) in [4.78, 5) is 10.4. The molecule has 2 nitrogen and oxygen atoms in total. The molecule has 1 aromatic rings. The Kier molecular flexibility index (Phi) is 3.09. The number of aliphatic carboxylic acids is 1. The number of rotatable bonds is 2. The summed E-state index contributed by atoms with van der Waals surface area (Å²) >= 11 is 5.45. The van der Waals surface area contributed by atoms with Gasteiger partial charge in [-0.05, 0) is 18.6 Å². The van der Waals surface area contributed by atoms with E-state index < -0.39 is 5.97 Å². The molecule has 0 saturated heterocycles. The molecule has 0 saturated carbocycles. The first-order chi connectivity index (χ1) is 6.09. The third-order valence-electron chi connectivity index (χ3n) is 1.58. The molecule has 0 fully saturated rings. The average molecular weight is 197 g/mol. The van der Waals surface area contributed by atoms with Gasteiger partial charge < -0.3 is 5.11 Å². The van der Waals surface area contributed by atoms with E-state index in [-0.39, 0.29) is 5.03 Å². The monoisotopic (exact) mass is 196 g/mol. The van der Waals surface area contributed by atoms with Crippen LogP contribution in [-0.4, -0.2) is 11.1 Å². The van der Waals surface area contributed by atoms with Gasteiger partial charge >= 0.3 is 5.97 Å². The lowest BCUT2D eigenvalue weighted by molar-refractivity contribution is -0.131. The van der Waals surface area contributed by atoms with Crippen LogP contribution in [0.25, 0.3) is 6.08 Å². The van der Waals surface area contributed by atoms with Gasteiger partial charge in [0.05, 0.1) is 0 Å². The summed E-state index contributed by atoms with van der Waals surface area (Å²) in [5.74, 6) is -1.11. The molecule has 0 radical (unpaired) electrons. The highest BCUT2D eigenvalue weighted by Crippen LogP contribution is 2.11. The van der Waals surface area contributed by atoms with Crippen LogP contribution in [0.4, 0.5) is 0 Å². The van der Waals surface area contributed by atoms with Crippen LogP contribution >= 0.6 is 11.6 Å². The maximum Gasteiger partial charge on any atom is 0.347 e. The lowest BCUT2D eigenvalue weighted by Crippen LogP contribution is -1.92. The number of halogens is 1. The van der Waals surface area contributed by atoms with Crippen molar-refractivity contribution < 1.29 is 9.90 Å². The molecule has 1 N–H and O–H groups in total. The van der Waals surface area contributed by atoms with E-state index in [2.05, 4.69) is 0 Å². The van der Waals surface area contributed by atoms with Gasteiger partial charge in [-0.25, -0.2) is 4.79 Å². The Morgan fingerprint density at radius 3 is 2.38 bits per heavy atom. The molecular weight excluding hydrogens is 188 g/mol. The first kappa shape index (κ1) is 9.81. The van der Waals surface area contributed by atoms with E-state index in [1.807, 2.05) is 31.2 Å². The second kappa shape index (κ2) is 4.10. The maximum absolute atomic E-state index is 10.4. The van der Waals surface area contributed by atoms with Crippen LogP contribution in [0.5, 0.6) is 0 Å². The van der Waals surface area contributed by atoms with Crippen LogP contribution in [0, 0.1) is 6.92 Å². The third kappa shape index (κ3) is 2.92. The largest absolute Gasteiger partial charge is 0.477 e. The molecule has 0 aliphatic rings. The van der Waals surface area contributed by atoms with E-state index in [9.17, 15) is 4.79 Å². The SMILES string of the molecule is Cc1ccc(/C=C(\Cl)C(=O)O)cc1. The van der Waals surface area contributed by atoms with Gasteiger partial charge in [-0.3, -0.25) is 0 Å². The lowest BCUT2D eigenvalue weighted by atomic mass is 10.1. The van der Waals surface area contributed by atoms with Crippen molar-refractivity contribution in [2.24, 2.45) is 0 Å². The fourth-order valence-electron chi connectivity index (χ4n) is 0.871. The van der Waals surface area contributed by atoms with Gasteiger partial charge in [-0.15, -0.1) is 0 Å². The Morgan fingerprint density at radius 1 is 1.38 bits per heavy atom. The molecule has 68 valence electrons. The molecule has 0 bridgehead atoms. The number of aryl methyl sites for hydroxylation is 1. The van der Waals surface area contributed by atoms with Crippen molar-refractivity contribution in [2.75, 3.05) is 0 Å². The highest BCUT2D eigenvalue weighted by Gasteiger charge is 2.01. The lowest BCUT2D eigenvalue weighted by Gasteiger charge is -1.95. The predicted octanol–water partition coefficient (Wildman–Crippen LogP) is 2.66. The average Bonchev–Trinajstić information content (AvgIpc) is 2.08. The summed E-state index contributed by atoms with van der Waals surface area (Å²) in [6.45, 7) is 1.96. The molecule has 13 heavy (non-hydrogen) atoms. The second-order valence-corrected chi connectivity index (χ2v) is 3.12. The van der Waals surface area contributed by atoms with E-state index in [1.54, 1.807) is 0 Å². The molecule has 0 spiro atoms.